The van der Waals surface area contributed by atoms with Gasteiger partial charge < -0.3 is 15.5 Å². The molecule has 1 rings (SSSR count). The van der Waals surface area contributed by atoms with E-state index in [2.05, 4.69) is 5.32 Å². The van der Waals surface area contributed by atoms with Crippen LogP contribution in [0.2, 0.25) is 0 Å². The van der Waals surface area contributed by atoms with Crippen LogP contribution in [0.5, 0.6) is 0 Å². The van der Waals surface area contributed by atoms with Crippen molar-refractivity contribution in [2.45, 2.75) is 51.3 Å². The maximum absolute atomic E-state index is 10.7. The molecule has 0 aromatic rings. The Morgan fingerprint density at radius 3 is 2.50 bits per heavy atom. The Bertz CT molecular complexity index is 206. The van der Waals surface area contributed by atoms with Gasteiger partial charge in [0.2, 0.25) is 0 Å². The lowest BCUT2D eigenvalue weighted by Crippen LogP contribution is -2.51. The first kappa shape index (κ1) is 11.5. The van der Waals surface area contributed by atoms with Crippen LogP contribution in [0.1, 0.15) is 33.1 Å². The molecule has 0 aromatic heterocycles. The number of nitrogens with one attached hydrogen (secondary N) is 1. The molecule has 4 nitrogen and oxygen atoms in total. The zero-order chi connectivity index (χ0) is 10.7. The van der Waals surface area contributed by atoms with Gasteiger partial charge in [-0.15, -0.1) is 0 Å². The molecule has 0 radical (unpaired) electrons. The summed E-state index contributed by atoms with van der Waals surface area (Å²) in [7, 11) is 0. The predicted octanol–water partition coefficient (Wildman–Crippen LogP) is 0.599. The maximum atomic E-state index is 10.7. The highest BCUT2D eigenvalue weighted by Crippen LogP contribution is 2.28. The van der Waals surface area contributed by atoms with E-state index < -0.39 is 5.97 Å². The second-order valence-corrected chi connectivity index (χ2v) is 4.28. The van der Waals surface area contributed by atoms with Crippen molar-refractivity contribution in [1.29, 1.82) is 0 Å². The minimum atomic E-state index is -0.710. The van der Waals surface area contributed by atoms with Gasteiger partial charge in [-0.1, -0.05) is 0 Å². The van der Waals surface area contributed by atoms with Crippen LogP contribution in [0.3, 0.4) is 0 Å². The zero-order valence-electron chi connectivity index (χ0n) is 8.73. The van der Waals surface area contributed by atoms with Crippen molar-refractivity contribution in [1.82, 2.24) is 5.32 Å². The number of carboxylic acid groups (broad SMARTS) is 1. The fourth-order valence-electron chi connectivity index (χ4n) is 1.94. The first-order chi connectivity index (χ1) is 6.50. The van der Waals surface area contributed by atoms with Crippen LogP contribution < -0.4 is 5.32 Å². The molecule has 0 heterocycles. The summed E-state index contributed by atoms with van der Waals surface area (Å²) in [5, 5.41) is 21.2. The second-order valence-electron chi connectivity index (χ2n) is 4.28. The smallest absolute Gasteiger partial charge is 0.308 e. The van der Waals surface area contributed by atoms with E-state index in [4.69, 9.17) is 10.2 Å². The summed E-state index contributed by atoms with van der Waals surface area (Å²) in [6, 6.07) is 0.281. The third kappa shape index (κ3) is 2.96. The van der Waals surface area contributed by atoms with E-state index in [9.17, 15) is 4.79 Å². The highest BCUT2D eigenvalue weighted by atomic mass is 16.4. The van der Waals surface area contributed by atoms with Gasteiger partial charge in [0.25, 0.3) is 0 Å². The molecule has 0 bridgehead atoms. The van der Waals surface area contributed by atoms with Gasteiger partial charge in [-0.25, -0.2) is 0 Å². The topological polar surface area (TPSA) is 69.6 Å². The maximum Gasteiger partial charge on any atom is 0.308 e. The minimum Gasteiger partial charge on any atom is -0.481 e. The second kappa shape index (κ2) is 4.75. The molecule has 1 fully saturated rings. The molecular weight excluding hydrogens is 182 g/mol. The van der Waals surface area contributed by atoms with Crippen LogP contribution in [0.15, 0.2) is 0 Å². The fourth-order valence-corrected chi connectivity index (χ4v) is 1.94. The molecule has 1 aliphatic carbocycles. The monoisotopic (exact) mass is 201 g/mol. The lowest BCUT2D eigenvalue weighted by molar-refractivity contribution is -0.146. The molecule has 82 valence electrons. The van der Waals surface area contributed by atoms with Gasteiger partial charge in [0.15, 0.2) is 0 Å². The lowest BCUT2D eigenvalue weighted by atomic mass is 9.79. The number of hydrogen-bond donors (Lipinski definition) is 3. The van der Waals surface area contributed by atoms with Crippen molar-refractivity contribution in [3.05, 3.63) is 0 Å². The first-order valence-corrected chi connectivity index (χ1v) is 5.17. The number of hydrogen-bond acceptors (Lipinski definition) is 3. The van der Waals surface area contributed by atoms with Crippen molar-refractivity contribution < 1.29 is 15.0 Å². The number of rotatable bonds is 5. The third-order valence-corrected chi connectivity index (χ3v) is 2.78. The Balaban J connectivity index is 2.27. The quantitative estimate of drug-likeness (QED) is 0.609. The molecule has 0 saturated heterocycles. The summed E-state index contributed by atoms with van der Waals surface area (Å²) < 4.78 is 0. The van der Waals surface area contributed by atoms with Crippen molar-refractivity contribution in [3.63, 3.8) is 0 Å². The summed E-state index contributed by atoms with van der Waals surface area (Å²) in [6.07, 6.45) is 2.04. The van der Waals surface area contributed by atoms with E-state index in [0.717, 1.165) is 12.8 Å². The van der Waals surface area contributed by atoms with Crippen LogP contribution >= 0.6 is 0 Å². The Morgan fingerprint density at radius 2 is 2.14 bits per heavy atom. The minimum absolute atomic E-state index is 0.0984. The largest absolute Gasteiger partial charge is 0.481 e. The predicted molar refractivity (Wildman–Crippen MR) is 53.0 cm³/mol. The van der Waals surface area contributed by atoms with Crippen LogP contribution in [-0.4, -0.2) is 34.4 Å². The normalized spacial score (nSPS) is 30.5. The number of aliphatic hydroxyl groups is 1. The molecule has 4 atom stereocenters. The van der Waals surface area contributed by atoms with Crippen molar-refractivity contribution in [2.24, 2.45) is 5.92 Å². The molecule has 3 N–H and O–H groups in total. The van der Waals surface area contributed by atoms with E-state index in [0.29, 0.717) is 6.42 Å². The molecule has 0 aliphatic heterocycles. The number of aliphatic hydroxyl groups excluding tert-OH is 1. The highest BCUT2D eigenvalue weighted by Gasteiger charge is 2.36. The number of carboxylic acids is 1. The van der Waals surface area contributed by atoms with E-state index in [1.807, 2.05) is 6.92 Å². The molecular formula is C10H19NO3. The summed E-state index contributed by atoms with van der Waals surface area (Å²) in [5.41, 5.74) is 0. The van der Waals surface area contributed by atoms with E-state index in [1.54, 1.807) is 6.92 Å². The lowest BCUT2D eigenvalue weighted by Gasteiger charge is -2.36. The molecule has 0 amide bonds. The SMILES string of the molecule is CC(O)CC(C)NC1CCC1C(=O)O. The Kier molecular flexibility index (Phi) is 3.89. The van der Waals surface area contributed by atoms with Gasteiger partial charge in [0.1, 0.15) is 0 Å². The number of carbonyl (C=O) groups is 1. The van der Waals surface area contributed by atoms with Crippen molar-refractivity contribution in [3.8, 4) is 0 Å². The van der Waals surface area contributed by atoms with E-state index in [-0.39, 0.29) is 24.1 Å². The summed E-state index contributed by atoms with van der Waals surface area (Å²) in [6.45, 7) is 3.72. The average molecular weight is 201 g/mol. The molecule has 0 spiro atoms. The molecule has 1 saturated carbocycles. The number of aliphatic carboxylic acids is 1. The van der Waals surface area contributed by atoms with Crippen LogP contribution in [0, 0.1) is 5.92 Å². The molecule has 0 aromatic carbocycles. The Morgan fingerprint density at radius 1 is 1.50 bits per heavy atom. The fraction of sp³-hybridized carbons (Fsp3) is 0.900. The van der Waals surface area contributed by atoms with Gasteiger partial charge in [0.05, 0.1) is 12.0 Å². The molecule has 4 unspecified atom stereocenters. The summed E-state index contributed by atoms with van der Waals surface area (Å²) in [4.78, 5) is 10.7. The van der Waals surface area contributed by atoms with Crippen molar-refractivity contribution in [2.75, 3.05) is 0 Å². The Hall–Kier alpha value is -0.610. The average Bonchev–Trinajstić information content (AvgIpc) is 1.95. The molecule has 4 heteroatoms. The zero-order valence-corrected chi connectivity index (χ0v) is 8.73. The van der Waals surface area contributed by atoms with Gasteiger partial charge >= 0.3 is 5.97 Å². The highest BCUT2D eigenvalue weighted by molar-refractivity contribution is 5.72. The standard InChI is InChI=1S/C10H19NO3/c1-6(5-7(2)12)11-9-4-3-8(9)10(13)14/h6-9,11-12H,3-5H2,1-2H3,(H,13,14). The van der Waals surface area contributed by atoms with Gasteiger partial charge in [-0.3, -0.25) is 4.79 Å². The summed E-state index contributed by atoms with van der Waals surface area (Å²) in [5.74, 6) is -0.940. The van der Waals surface area contributed by atoms with E-state index in [1.165, 1.54) is 0 Å². The van der Waals surface area contributed by atoms with Crippen molar-refractivity contribution >= 4 is 5.97 Å². The third-order valence-electron chi connectivity index (χ3n) is 2.78. The molecule has 1 aliphatic rings. The van der Waals surface area contributed by atoms with Crippen LogP contribution in [0.4, 0.5) is 0 Å². The molecule has 14 heavy (non-hydrogen) atoms. The summed E-state index contributed by atoms with van der Waals surface area (Å²) >= 11 is 0. The Labute approximate surface area is 84.3 Å². The van der Waals surface area contributed by atoms with Gasteiger partial charge in [-0.05, 0) is 33.1 Å². The van der Waals surface area contributed by atoms with E-state index >= 15 is 0 Å². The van der Waals surface area contributed by atoms with Crippen LogP contribution in [-0.2, 0) is 4.79 Å². The van der Waals surface area contributed by atoms with Crippen LogP contribution in [0.25, 0.3) is 0 Å². The van der Waals surface area contributed by atoms with Gasteiger partial charge in [0, 0.05) is 12.1 Å². The first-order valence-electron chi connectivity index (χ1n) is 5.17. The van der Waals surface area contributed by atoms with Gasteiger partial charge in [-0.2, -0.15) is 0 Å².